The van der Waals surface area contributed by atoms with Crippen LogP contribution in [0.4, 0.5) is 5.69 Å². The average molecular weight is 329 g/mol. The Bertz CT molecular complexity index is 885. The fraction of sp³-hybridized carbons (Fsp3) is 0.0909. The van der Waals surface area contributed by atoms with Gasteiger partial charge in [0, 0.05) is 17.8 Å². The first-order chi connectivity index (χ1) is 9.49. The van der Waals surface area contributed by atoms with E-state index in [-0.39, 0.29) is 10.2 Å². The van der Waals surface area contributed by atoms with Crippen LogP contribution in [-0.2, 0) is 10.0 Å². The number of thiazole rings is 1. The van der Waals surface area contributed by atoms with Gasteiger partial charge in [-0.3, -0.25) is 14.1 Å². The summed E-state index contributed by atoms with van der Waals surface area (Å²) in [7, 11) is -3.83. The largest absolute Gasteiger partial charge is 0.281 e. The van der Waals surface area contributed by atoms with Crippen molar-refractivity contribution in [3.63, 3.8) is 0 Å². The fourth-order valence-electron chi connectivity index (χ4n) is 1.76. The van der Waals surface area contributed by atoms with Crippen LogP contribution in [-0.4, -0.2) is 22.8 Å². The van der Waals surface area contributed by atoms with E-state index in [9.17, 15) is 8.42 Å². The Kier molecular flexibility index (Phi) is 3.15. The zero-order valence-corrected chi connectivity index (χ0v) is 12.6. The smallest absolute Gasteiger partial charge is 0.278 e. The first kappa shape index (κ1) is 13.3. The van der Waals surface area contributed by atoms with Crippen molar-refractivity contribution >= 4 is 43.6 Å². The van der Waals surface area contributed by atoms with Gasteiger partial charge >= 0.3 is 0 Å². The fourth-order valence-corrected chi connectivity index (χ4v) is 4.34. The van der Waals surface area contributed by atoms with Crippen LogP contribution < -0.4 is 4.72 Å². The van der Waals surface area contributed by atoms with Gasteiger partial charge in [-0.1, -0.05) is 11.6 Å². The van der Waals surface area contributed by atoms with Crippen LogP contribution in [0.3, 0.4) is 0 Å². The monoisotopic (exact) mass is 328 g/mol. The summed E-state index contributed by atoms with van der Waals surface area (Å²) in [5.74, 6) is 0. The molecule has 0 radical (unpaired) electrons. The van der Waals surface area contributed by atoms with E-state index < -0.39 is 10.0 Å². The first-order valence-corrected chi connectivity index (χ1v) is 8.28. The molecule has 0 amide bonds. The molecule has 0 aromatic carbocycles. The minimum Gasteiger partial charge on any atom is -0.278 e. The molecule has 0 saturated heterocycles. The molecule has 3 rings (SSSR count). The second-order valence-electron chi connectivity index (χ2n) is 4.01. The number of pyridine rings is 1. The number of hydrogen-bond donors (Lipinski definition) is 1. The van der Waals surface area contributed by atoms with Crippen LogP contribution in [0, 0.1) is 6.92 Å². The highest BCUT2D eigenvalue weighted by Gasteiger charge is 2.25. The third-order valence-corrected chi connectivity index (χ3v) is 5.20. The number of nitrogens with zero attached hydrogens (tertiary/aromatic N) is 3. The van der Waals surface area contributed by atoms with Crippen LogP contribution in [0.1, 0.15) is 5.69 Å². The lowest BCUT2D eigenvalue weighted by Crippen LogP contribution is -2.16. The van der Waals surface area contributed by atoms with E-state index in [1.54, 1.807) is 36.8 Å². The molecular formula is C11H9ClN4O2S2. The summed E-state index contributed by atoms with van der Waals surface area (Å²) in [5, 5.41) is 1.62. The molecule has 3 heterocycles. The third kappa shape index (κ3) is 2.15. The Morgan fingerprint density at radius 3 is 3.00 bits per heavy atom. The van der Waals surface area contributed by atoms with E-state index in [1.165, 1.54) is 15.7 Å². The molecule has 0 unspecified atom stereocenters. The molecule has 0 aliphatic carbocycles. The predicted molar refractivity (Wildman–Crippen MR) is 77.9 cm³/mol. The number of nitrogens with one attached hydrogen (secondary N) is 1. The van der Waals surface area contributed by atoms with Gasteiger partial charge in [0.05, 0.1) is 11.4 Å². The number of fused-ring (bicyclic) bond motifs is 1. The number of halogens is 1. The SMILES string of the molecule is Cc1ncccc1NS(=O)(=O)c1c(Cl)nc2sccn12. The van der Waals surface area contributed by atoms with Crippen LogP contribution in [0.25, 0.3) is 4.96 Å². The number of imidazole rings is 1. The summed E-state index contributed by atoms with van der Waals surface area (Å²) in [4.78, 5) is 8.58. The number of rotatable bonds is 3. The Morgan fingerprint density at radius 2 is 2.25 bits per heavy atom. The molecule has 0 aliphatic rings. The Morgan fingerprint density at radius 1 is 1.45 bits per heavy atom. The van der Waals surface area contributed by atoms with E-state index in [0.717, 1.165) is 0 Å². The Balaban J connectivity index is 2.11. The van der Waals surface area contributed by atoms with Crippen molar-refractivity contribution in [2.75, 3.05) is 4.72 Å². The standard InChI is InChI=1S/C11H9ClN4O2S2/c1-7-8(3-2-4-13-7)15-20(17,18)10-9(12)14-11-16(10)5-6-19-11/h2-6,15H,1H3. The predicted octanol–water partition coefficient (Wildman–Crippen LogP) is 2.55. The van der Waals surface area contributed by atoms with Crippen molar-refractivity contribution in [2.45, 2.75) is 11.9 Å². The lowest BCUT2D eigenvalue weighted by atomic mass is 10.3. The number of hydrogen-bond acceptors (Lipinski definition) is 5. The first-order valence-electron chi connectivity index (χ1n) is 5.54. The molecule has 0 aliphatic heterocycles. The molecule has 20 heavy (non-hydrogen) atoms. The van der Waals surface area contributed by atoms with Gasteiger partial charge in [-0.05, 0) is 19.1 Å². The highest BCUT2D eigenvalue weighted by Crippen LogP contribution is 2.27. The summed E-state index contributed by atoms with van der Waals surface area (Å²) >= 11 is 7.25. The zero-order valence-electron chi connectivity index (χ0n) is 10.2. The van der Waals surface area contributed by atoms with E-state index in [0.29, 0.717) is 16.3 Å². The molecule has 0 bridgehead atoms. The second kappa shape index (κ2) is 4.72. The van der Waals surface area contributed by atoms with Gasteiger partial charge in [0.2, 0.25) is 0 Å². The molecule has 9 heteroatoms. The topological polar surface area (TPSA) is 76.4 Å². The summed E-state index contributed by atoms with van der Waals surface area (Å²) in [6.45, 7) is 1.72. The molecule has 0 fully saturated rings. The Hall–Kier alpha value is -1.64. The maximum Gasteiger partial charge on any atom is 0.281 e. The molecular weight excluding hydrogens is 320 g/mol. The van der Waals surface area contributed by atoms with Crippen molar-refractivity contribution < 1.29 is 8.42 Å². The normalized spacial score (nSPS) is 11.9. The van der Waals surface area contributed by atoms with E-state index >= 15 is 0 Å². The summed E-state index contributed by atoms with van der Waals surface area (Å²) < 4.78 is 28.9. The summed E-state index contributed by atoms with van der Waals surface area (Å²) in [6.07, 6.45) is 3.21. The lowest BCUT2D eigenvalue weighted by Gasteiger charge is -2.09. The number of anilines is 1. The number of aryl methyl sites for hydroxylation is 1. The molecule has 6 nitrogen and oxygen atoms in total. The van der Waals surface area contributed by atoms with Crippen LogP contribution in [0.15, 0.2) is 34.9 Å². The summed E-state index contributed by atoms with van der Waals surface area (Å²) in [5.41, 5.74) is 0.993. The number of aromatic nitrogens is 3. The summed E-state index contributed by atoms with van der Waals surface area (Å²) in [6, 6.07) is 3.29. The van der Waals surface area contributed by atoms with Crippen LogP contribution in [0.5, 0.6) is 0 Å². The molecule has 104 valence electrons. The average Bonchev–Trinajstić information content (AvgIpc) is 2.91. The van der Waals surface area contributed by atoms with Gasteiger partial charge in [-0.15, -0.1) is 11.3 Å². The molecule has 0 atom stereocenters. The highest BCUT2D eigenvalue weighted by atomic mass is 35.5. The van der Waals surface area contributed by atoms with Crippen molar-refractivity contribution in [2.24, 2.45) is 0 Å². The second-order valence-corrected chi connectivity index (χ2v) is 6.83. The van der Waals surface area contributed by atoms with E-state index in [2.05, 4.69) is 14.7 Å². The zero-order chi connectivity index (χ0) is 14.3. The van der Waals surface area contributed by atoms with E-state index in [1.807, 2.05) is 0 Å². The van der Waals surface area contributed by atoms with Gasteiger partial charge in [-0.2, -0.15) is 8.42 Å². The minimum atomic E-state index is -3.83. The Labute approximate surface area is 124 Å². The molecule has 3 aromatic heterocycles. The van der Waals surface area contributed by atoms with Crippen molar-refractivity contribution in [3.8, 4) is 0 Å². The minimum absolute atomic E-state index is 0.0501. The van der Waals surface area contributed by atoms with Crippen molar-refractivity contribution in [1.82, 2.24) is 14.4 Å². The van der Waals surface area contributed by atoms with Crippen molar-refractivity contribution in [3.05, 3.63) is 40.8 Å². The highest BCUT2D eigenvalue weighted by molar-refractivity contribution is 7.92. The maximum atomic E-state index is 12.5. The van der Waals surface area contributed by atoms with Gasteiger partial charge in [0.1, 0.15) is 0 Å². The van der Waals surface area contributed by atoms with E-state index in [4.69, 9.17) is 11.6 Å². The van der Waals surface area contributed by atoms with Gasteiger partial charge in [-0.25, -0.2) is 4.98 Å². The molecule has 0 spiro atoms. The lowest BCUT2D eigenvalue weighted by molar-refractivity contribution is 0.596. The van der Waals surface area contributed by atoms with Crippen LogP contribution in [0.2, 0.25) is 5.15 Å². The van der Waals surface area contributed by atoms with Gasteiger partial charge in [0.25, 0.3) is 10.0 Å². The quantitative estimate of drug-likeness (QED) is 0.801. The maximum absolute atomic E-state index is 12.5. The molecule has 1 N–H and O–H groups in total. The van der Waals surface area contributed by atoms with Crippen molar-refractivity contribution in [1.29, 1.82) is 0 Å². The third-order valence-electron chi connectivity index (χ3n) is 2.68. The molecule has 3 aromatic rings. The van der Waals surface area contributed by atoms with Gasteiger partial charge < -0.3 is 0 Å². The van der Waals surface area contributed by atoms with Gasteiger partial charge in [0.15, 0.2) is 15.1 Å². The molecule has 0 saturated carbocycles. The number of sulfonamides is 1. The van der Waals surface area contributed by atoms with Crippen LogP contribution >= 0.6 is 22.9 Å².